The lowest BCUT2D eigenvalue weighted by atomic mass is 10.1. The Hall–Kier alpha value is -1.55. The van der Waals surface area contributed by atoms with Crippen LogP contribution in [0.4, 0.5) is 0 Å². The Morgan fingerprint density at radius 2 is 1.87 bits per heavy atom. The third-order valence-electron chi connectivity index (χ3n) is 1.84. The van der Waals surface area contributed by atoms with Gasteiger partial charge in [0.2, 0.25) is 0 Å². The van der Waals surface area contributed by atoms with Crippen LogP contribution in [0.3, 0.4) is 0 Å². The molecule has 82 valence electrons. The van der Waals surface area contributed by atoms with Crippen LogP contribution >= 0.6 is 0 Å². The summed E-state index contributed by atoms with van der Waals surface area (Å²) in [6.07, 6.45) is 0.279. The van der Waals surface area contributed by atoms with Gasteiger partial charge in [0.1, 0.15) is 5.75 Å². The van der Waals surface area contributed by atoms with Gasteiger partial charge in [0.15, 0.2) is 6.79 Å². The molecule has 0 radical (unpaired) electrons. The van der Waals surface area contributed by atoms with Crippen molar-refractivity contribution in [2.75, 3.05) is 21.0 Å². The number of methoxy groups -OCH3 is 2. The molecule has 0 bridgehead atoms. The predicted molar refractivity (Wildman–Crippen MR) is 54.7 cm³/mol. The first-order chi connectivity index (χ1) is 7.26. The molecular weight excluding hydrogens is 196 g/mol. The molecule has 1 aromatic rings. The van der Waals surface area contributed by atoms with Gasteiger partial charge in [-0.25, -0.2) is 0 Å². The third-order valence-corrected chi connectivity index (χ3v) is 1.84. The Kier molecular flexibility index (Phi) is 4.63. The maximum atomic E-state index is 11.0. The molecular formula is C11H14O4. The molecule has 0 atom stereocenters. The van der Waals surface area contributed by atoms with Crippen molar-refractivity contribution in [2.24, 2.45) is 0 Å². The van der Waals surface area contributed by atoms with Gasteiger partial charge in [-0.3, -0.25) is 4.79 Å². The lowest BCUT2D eigenvalue weighted by Crippen LogP contribution is -2.04. The fraction of sp³-hybridized carbons (Fsp3) is 0.364. The molecule has 0 aliphatic heterocycles. The van der Waals surface area contributed by atoms with Crippen LogP contribution in [0.5, 0.6) is 5.75 Å². The molecule has 0 fully saturated rings. The first-order valence-electron chi connectivity index (χ1n) is 4.53. The number of esters is 1. The summed E-state index contributed by atoms with van der Waals surface area (Å²) < 4.78 is 14.5. The molecule has 0 saturated heterocycles. The largest absolute Gasteiger partial charge is 0.469 e. The van der Waals surface area contributed by atoms with Gasteiger partial charge in [-0.2, -0.15) is 0 Å². The average molecular weight is 210 g/mol. The quantitative estimate of drug-likeness (QED) is 0.544. The molecule has 1 rings (SSSR count). The standard InChI is InChI=1S/C11H14O4/c1-13-8-15-10-5-3-9(4-6-10)7-11(12)14-2/h3-6H,7-8H2,1-2H3. The van der Waals surface area contributed by atoms with Crippen LogP contribution in [0.2, 0.25) is 0 Å². The summed E-state index contributed by atoms with van der Waals surface area (Å²) in [6.45, 7) is 0.219. The average Bonchev–Trinajstić information content (AvgIpc) is 2.28. The van der Waals surface area contributed by atoms with Gasteiger partial charge < -0.3 is 14.2 Å². The minimum absolute atomic E-state index is 0.219. The van der Waals surface area contributed by atoms with Gasteiger partial charge in [-0.05, 0) is 17.7 Å². The monoisotopic (exact) mass is 210 g/mol. The second kappa shape index (κ2) is 6.03. The zero-order valence-corrected chi connectivity index (χ0v) is 8.86. The van der Waals surface area contributed by atoms with E-state index in [-0.39, 0.29) is 19.2 Å². The lowest BCUT2D eigenvalue weighted by Gasteiger charge is -2.05. The highest BCUT2D eigenvalue weighted by molar-refractivity contribution is 5.72. The zero-order chi connectivity index (χ0) is 11.1. The van der Waals surface area contributed by atoms with Crippen molar-refractivity contribution in [1.29, 1.82) is 0 Å². The molecule has 15 heavy (non-hydrogen) atoms. The summed E-state index contributed by atoms with van der Waals surface area (Å²) in [5.74, 6) is 0.464. The number of benzene rings is 1. The SMILES string of the molecule is COCOc1ccc(CC(=O)OC)cc1. The van der Waals surface area contributed by atoms with Crippen LogP contribution < -0.4 is 4.74 Å². The van der Waals surface area contributed by atoms with E-state index in [2.05, 4.69) is 4.74 Å². The number of carbonyl (C=O) groups is 1. The molecule has 1 aromatic carbocycles. The van der Waals surface area contributed by atoms with Crippen molar-refractivity contribution in [1.82, 2.24) is 0 Å². The summed E-state index contributed by atoms with van der Waals surface area (Å²) >= 11 is 0. The summed E-state index contributed by atoms with van der Waals surface area (Å²) in [5.41, 5.74) is 0.895. The summed E-state index contributed by atoms with van der Waals surface area (Å²) in [4.78, 5) is 11.0. The topological polar surface area (TPSA) is 44.8 Å². The van der Waals surface area contributed by atoms with Crippen molar-refractivity contribution < 1.29 is 19.0 Å². The van der Waals surface area contributed by atoms with Crippen molar-refractivity contribution in [2.45, 2.75) is 6.42 Å². The molecule has 4 nitrogen and oxygen atoms in total. The minimum Gasteiger partial charge on any atom is -0.469 e. The number of ether oxygens (including phenoxy) is 3. The van der Waals surface area contributed by atoms with Crippen molar-refractivity contribution >= 4 is 5.97 Å². The van der Waals surface area contributed by atoms with E-state index in [0.29, 0.717) is 5.75 Å². The molecule has 0 saturated carbocycles. The first-order valence-corrected chi connectivity index (χ1v) is 4.53. The summed E-state index contributed by atoms with van der Waals surface area (Å²) in [6, 6.07) is 7.22. The van der Waals surface area contributed by atoms with Crippen molar-refractivity contribution in [3.8, 4) is 5.75 Å². The summed E-state index contributed by atoms with van der Waals surface area (Å²) in [5, 5.41) is 0. The van der Waals surface area contributed by atoms with Gasteiger partial charge in [0.25, 0.3) is 0 Å². The van der Waals surface area contributed by atoms with Gasteiger partial charge in [0, 0.05) is 7.11 Å². The highest BCUT2D eigenvalue weighted by Crippen LogP contribution is 2.12. The van der Waals surface area contributed by atoms with E-state index in [0.717, 1.165) is 5.56 Å². The van der Waals surface area contributed by atoms with E-state index in [1.54, 1.807) is 19.2 Å². The molecule has 0 unspecified atom stereocenters. The molecule has 0 heterocycles. The van der Waals surface area contributed by atoms with E-state index in [1.165, 1.54) is 7.11 Å². The molecule has 0 N–H and O–H groups in total. The van der Waals surface area contributed by atoms with Crippen LogP contribution in [0.25, 0.3) is 0 Å². The highest BCUT2D eigenvalue weighted by atomic mass is 16.7. The number of hydrogen-bond donors (Lipinski definition) is 0. The number of hydrogen-bond acceptors (Lipinski definition) is 4. The fourth-order valence-electron chi connectivity index (χ4n) is 1.07. The van der Waals surface area contributed by atoms with Crippen molar-refractivity contribution in [3.63, 3.8) is 0 Å². The second-order valence-corrected chi connectivity index (χ2v) is 2.95. The van der Waals surface area contributed by atoms with Crippen LogP contribution in [-0.4, -0.2) is 27.0 Å². The van der Waals surface area contributed by atoms with Crippen LogP contribution in [0, 0.1) is 0 Å². The van der Waals surface area contributed by atoms with Crippen molar-refractivity contribution in [3.05, 3.63) is 29.8 Å². The Morgan fingerprint density at radius 3 is 2.40 bits per heavy atom. The van der Waals surface area contributed by atoms with E-state index in [4.69, 9.17) is 9.47 Å². The molecule has 0 amide bonds. The Balaban J connectivity index is 2.52. The second-order valence-electron chi connectivity index (χ2n) is 2.95. The predicted octanol–water partition coefficient (Wildman–Crippen LogP) is 1.38. The molecule has 0 aliphatic carbocycles. The number of carbonyl (C=O) groups excluding carboxylic acids is 1. The van der Waals surface area contributed by atoms with Crippen LogP contribution in [0.15, 0.2) is 24.3 Å². The smallest absolute Gasteiger partial charge is 0.309 e. The molecule has 0 aliphatic rings. The summed E-state index contributed by atoms with van der Waals surface area (Å²) in [7, 11) is 2.93. The third kappa shape index (κ3) is 3.99. The Labute approximate surface area is 88.8 Å². The van der Waals surface area contributed by atoms with Gasteiger partial charge in [-0.1, -0.05) is 12.1 Å². The lowest BCUT2D eigenvalue weighted by molar-refractivity contribution is -0.139. The van der Waals surface area contributed by atoms with E-state index >= 15 is 0 Å². The minimum atomic E-state index is -0.249. The van der Waals surface area contributed by atoms with Crippen LogP contribution in [0.1, 0.15) is 5.56 Å². The molecule has 0 spiro atoms. The zero-order valence-electron chi connectivity index (χ0n) is 8.86. The first kappa shape index (κ1) is 11.5. The maximum absolute atomic E-state index is 11.0. The molecule has 0 aromatic heterocycles. The Morgan fingerprint density at radius 1 is 1.20 bits per heavy atom. The van der Waals surface area contributed by atoms with Gasteiger partial charge in [0.05, 0.1) is 13.5 Å². The van der Waals surface area contributed by atoms with E-state index < -0.39 is 0 Å². The van der Waals surface area contributed by atoms with E-state index in [1.807, 2.05) is 12.1 Å². The Bertz CT molecular complexity index is 305. The van der Waals surface area contributed by atoms with Gasteiger partial charge >= 0.3 is 5.97 Å². The normalized spacial score (nSPS) is 9.73. The number of rotatable bonds is 5. The highest BCUT2D eigenvalue weighted by Gasteiger charge is 2.02. The van der Waals surface area contributed by atoms with Gasteiger partial charge in [-0.15, -0.1) is 0 Å². The van der Waals surface area contributed by atoms with E-state index in [9.17, 15) is 4.79 Å². The van der Waals surface area contributed by atoms with Crippen LogP contribution in [-0.2, 0) is 20.7 Å². The fourth-order valence-corrected chi connectivity index (χ4v) is 1.07. The maximum Gasteiger partial charge on any atom is 0.309 e. The molecule has 4 heteroatoms.